The van der Waals surface area contributed by atoms with E-state index in [1.165, 1.54) is 11.1 Å². The maximum absolute atomic E-state index is 12.7. The average molecular weight is 397 g/mol. The number of para-hydroxylation sites is 2. The lowest BCUT2D eigenvalue weighted by atomic mass is 10.2. The molecule has 1 saturated heterocycles. The molecule has 1 N–H and O–H groups in total. The summed E-state index contributed by atoms with van der Waals surface area (Å²) < 4.78 is 6.64. The minimum absolute atomic E-state index is 0.314. The zero-order valence-corrected chi connectivity index (χ0v) is 15.6. The molecule has 4 rings (SSSR count). The molecule has 0 unspecified atom stereocenters. The van der Waals surface area contributed by atoms with Gasteiger partial charge in [0.2, 0.25) is 0 Å². The van der Waals surface area contributed by atoms with Crippen molar-refractivity contribution in [2.75, 3.05) is 23.4 Å². The molecule has 0 spiro atoms. The number of hydrogen-bond donors (Lipinski definition) is 1. The van der Waals surface area contributed by atoms with E-state index >= 15 is 0 Å². The van der Waals surface area contributed by atoms with Crippen LogP contribution in [0.25, 0.3) is 0 Å². The molecule has 1 aliphatic rings. The van der Waals surface area contributed by atoms with Crippen LogP contribution in [0.4, 0.5) is 16.2 Å². The van der Waals surface area contributed by atoms with E-state index in [1.54, 1.807) is 35.1 Å². The molecule has 1 fully saturated rings. The third kappa shape index (κ3) is 3.70. The second-order valence-electron chi connectivity index (χ2n) is 6.26. The van der Waals surface area contributed by atoms with Gasteiger partial charge in [-0.2, -0.15) is 5.10 Å². The molecule has 3 aromatic rings. The highest BCUT2D eigenvalue weighted by atomic mass is 35.5. The van der Waals surface area contributed by atoms with E-state index in [-0.39, 0.29) is 5.91 Å². The summed E-state index contributed by atoms with van der Waals surface area (Å²) in [6.45, 7) is 1.24. The average Bonchev–Trinajstić information content (AvgIpc) is 3.33. The minimum atomic E-state index is -0.422. The van der Waals surface area contributed by atoms with Gasteiger partial charge in [0.25, 0.3) is 5.91 Å². The van der Waals surface area contributed by atoms with Crippen LogP contribution in [-0.2, 0) is 11.3 Å². The highest BCUT2D eigenvalue weighted by Gasteiger charge is 2.26. The monoisotopic (exact) mass is 396 g/mol. The van der Waals surface area contributed by atoms with Crippen LogP contribution >= 0.6 is 11.6 Å². The largest absolute Gasteiger partial charge is 0.447 e. The second kappa shape index (κ2) is 7.74. The molecule has 0 bridgehead atoms. The van der Waals surface area contributed by atoms with E-state index in [1.807, 2.05) is 24.3 Å². The molecule has 142 valence electrons. The van der Waals surface area contributed by atoms with Crippen molar-refractivity contribution >= 4 is 35.0 Å². The van der Waals surface area contributed by atoms with E-state index in [2.05, 4.69) is 10.4 Å². The minimum Gasteiger partial charge on any atom is -0.447 e. The van der Waals surface area contributed by atoms with Gasteiger partial charge in [0.1, 0.15) is 6.61 Å². The van der Waals surface area contributed by atoms with Gasteiger partial charge >= 0.3 is 6.09 Å². The number of cyclic esters (lactones) is 1. The summed E-state index contributed by atoms with van der Waals surface area (Å²) in [5.74, 6) is -0.314. The zero-order chi connectivity index (χ0) is 19.5. The molecule has 7 nitrogen and oxygen atoms in total. The van der Waals surface area contributed by atoms with Crippen LogP contribution in [-0.4, -0.2) is 34.9 Å². The van der Waals surface area contributed by atoms with E-state index in [9.17, 15) is 9.59 Å². The Morgan fingerprint density at radius 2 is 1.96 bits per heavy atom. The van der Waals surface area contributed by atoms with Crippen molar-refractivity contribution in [1.29, 1.82) is 0 Å². The molecule has 1 aromatic heterocycles. The van der Waals surface area contributed by atoms with E-state index in [0.717, 1.165) is 5.56 Å². The summed E-state index contributed by atoms with van der Waals surface area (Å²) in [7, 11) is 0. The van der Waals surface area contributed by atoms with Gasteiger partial charge < -0.3 is 10.1 Å². The Bertz CT molecular complexity index is 1030. The van der Waals surface area contributed by atoms with Gasteiger partial charge in [-0.25, -0.2) is 4.79 Å². The summed E-state index contributed by atoms with van der Waals surface area (Å²) in [6.07, 6.45) is 2.74. The Hall–Kier alpha value is -3.32. The lowest BCUT2D eigenvalue weighted by molar-refractivity contribution is 0.102. The molecule has 0 aliphatic carbocycles. The van der Waals surface area contributed by atoms with E-state index in [0.29, 0.717) is 41.7 Å². The quantitative estimate of drug-likeness (QED) is 0.711. The number of ether oxygens (including phenoxy) is 1. The first kappa shape index (κ1) is 18.1. The summed E-state index contributed by atoms with van der Waals surface area (Å²) in [4.78, 5) is 26.0. The number of rotatable bonds is 5. The van der Waals surface area contributed by atoms with Crippen LogP contribution in [0.5, 0.6) is 0 Å². The van der Waals surface area contributed by atoms with Crippen molar-refractivity contribution in [2.24, 2.45) is 0 Å². The number of carbonyl (C=O) groups is 2. The van der Waals surface area contributed by atoms with E-state index in [4.69, 9.17) is 16.3 Å². The molecule has 0 radical (unpaired) electrons. The molecule has 28 heavy (non-hydrogen) atoms. The van der Waals surface area contributed by atoms with Gasteiger partial charge in [-0.15, -0.1) is 0 Å². The first-order chi connectivity index (χ1) is 13.6. The number of nitrogens with zero attached hydrogens (tertiary/aromatic N) is 3. The fourth-order valence-corrected chi connectivity index (χ4v) is 3.19. The normalized spacial score (nSPS) is 13.5. The lowest BCUT2D eigenvalue weighted by Gasteiger charge is -2.17. The third-order valence-corrected chi connectivity index (χ3v) is 4.76. The van der Waals surface area contributed by atoms with Crippen molar-refractivity contribution < 1.29 is 14.3 Å². The number of amides is 2. The van der Waals surface area contributed by atoms with Gasteiger partial charge in [0.05, 0.1) is 36.2 Å². The molecule has 2 aromatic carbocycles. The SMILES string of the molecule is O=C(Nc1ccccc1N1CCOC1=O)c1cnn(Cc2ccccc2Cl)c1. The molecule has 1 aliphatic heterocycles. The second-order valence-corrected chi connectivity index (χ2v) is 6.66. The maximum Gasteiger partial charge on any atom is 0.414 e. The number of anilines is 2. The predicted molar refractivity (Wildman–Crippen MR) is 106 cm³/mol. The van der Waals surface area contributed by atoms with Crippen molar-refractivity contribution in [3.8, 4) is 0 Å². The molecular weight excluding hydrogens is 380 g/mol. The standard InChI is InChI=1S/C20H17ClN4O3/c21-16-6-2-1-5-14(16)12-24-13-15(11-22-24)19(26)23-17-7-3-4-8-18(17)25-9-10-28-20(25)27/h1-8,11,13H,9-10,12H2,(H,23,26). The summed E-state index contributed by atoms with van der Waals surface area (Å²) in [5.41, 5.74) is 2.45. The third-order valence-electron chi connectivity index (χ3n) is 4.39. The Kier molecular flexibility index (Phi) is 4.99. The van der Waals surface area contributed by atoms with Crippen LogP contribution < -0.4 is 10.2 Å². The van der Waals surface area contributed by atoms with Crippen LogP contribution in [0.3, 0.4) is 0 Å². The fraction of sp³-hybridized carbons (Fsp3) is 0.150. The van der Waals surface area contributed by atoms with Gasteiger partial charge in [-0.05, 0) is 23.8 Å². The van der Waals surface area contributed by atoms with Crippen LogP contribution in [0.1, 0.15) is 15.9 Å². The zero-order valence-electron chi connectivity index (χ0n) is 14.8. The van der Waals surface area contributed by atoms with Gasteiger partial charge in [-0.3, -0.25) is 14.4 Å². The first-order valence-electron chi connectivity index (χ1n) is 8.72. The number of aromatic nitrogens is 2. The van der Waals surface area contributed by atoms with Crippen molar-refractivity contribution in [2.45, 2.75) is 6.54 Å². The fourth-order valence-electron chi connectivity index (χ4n) is 2.99. The maximum atomic E-state index is 12.7. The molecule has 0 saturated carbocycles. The Morgan fingerprint density at radius 3 is 2.75 bits per heavy atom. The van der Waals surface area contributed by atoms with Gasteiger partial charge in [0.15, 0.2) is 0 Å². The highest BCUT2D eigenvalue weighted by molar-refractivity contribution is 6.31. The number of benzene rings is 2. The topological polar surface area (TPSA) is 76.5 Å². The Morgan fingerprint density at radius 1 is 1.18 bits per heavy atom. The number of carbonyl (C=O) groups excluding carboxylic acids is 2. The first-order valence-corrected chi connectivity index (χ1v) is 9.10. The van der Waals surface area contributed by atoms with Gasteiger partial charge in [0, 0.05) is 11.2 Å². The Balaban J connectivity index is 1.50. The van der Waals surface area contributed by atoms with Crippen LogP contribution in [0.15, 0.2) is 60.9 Å². The summed E-state index contributed by atoms with van der Waals surface area (Å²) in [5, 5.41) is 7.73. The summed E-state index contributed by atoms with van der Waals surface area (Å²) >= 11 is 6.18. The van der Waals surface area contributed by atoms with Crippen LogP contribution in [0.2, 0.25) is 5.02 Å². The summed E-state index contributed by atoms with van der Waals surface area (Å²) in [6, 6.07) is 14.6. The number of halogens is 1. The van der Waals surface area contributed by atoms with Crippen molar-refractivity contribution in [3.63, 3.8) is 0 Å². The smallest absolute Gasteiger partial charge is 0.414 e. The lowest BCUT2D eigenvalue weighted by Crippen LogP contribution is -2.25. The number of hydrogen-bond acceptors (Lipinski definition) is 4. The Labute approximate surface area is 166 Å². The molecule has 2 amide bonds. The molecule has 8 heteroatoms. The molecular formula is C20H17ClN4O3. The molecule has 0 atom stereocenters. The van der Waals surface area contributed by atoms with E-state index < -0.39 is 6.09 Å². The number of nitrogens with one attached hydrogen (secondary N) is 1. The predicted octanol–water partition coefficient (Wildman–Crippen LogP) is 3.79. The van der Waals surface area contributed by atoms with Gasteiger partial charge in [-0.1, -0.05) is 41.9 Å². The van der Waals surface area contributed by atoms with Crippen molar-refractivity contribution in [1.82, 2.24) is 9.78 Å². The highest BCUT2D eigenvalue weighted by Crippen LogP contribution is 2.28. The van der Waals surface area contributed by atoms with Crippen LogP contribution in [0, 0.1) is 0 Å². The molecule has 2 heterocycles. The van der Waals surface area contributed by atoms with Crippen molar-refractivity contribution in [3.05, 3.63) is 77.1 Å².